The molecule has 0 saturated heterocycles. The lowest BCUT2D eigenvalue weighted by atomic mass is 10.1. The lowest BCUT2D eigenvalue weighted by molar-refractivity contribution is 0.304. The van der Waals surface area contributed by atoms with Crippen LogP contribution in [0.1, 0.15) is 24.1 Å². The minimum absolute atomic E-state index is 0.219. The zero-order chi connectivity index (χ0) is 14.7. The summed E-state index contributed by atoms with van der Waals surface area (Å²) >= 11 is 12.0. The van der Waals surface area contributed by atoms with Crippen molar-refractivity contribution in [3.8, 4) is 5.75 Å². The molecule has 0 aliphatic carbocycles. The first-order valence-corrected chi connectivity index (χ1v) is 6.85. The summed E-state index contributed by atoms with van der Waals surface area (Å²) in [6, 6.07) is 9.55. The summed E-state index contributed by atoms with van der Waals surface area (Å²) in [6.07, 6.45) is 0. The average Bonchev–Trinajstić information content (AvgIpc) is 2.40. The van der Waals surface area contributed by atoms with Crippen molar-refractivity contribution in [2.24, 2.45) is 5.73 Å². The number of benzene rings is 2. The van der Waals surface area contributed by atoms with E-state index in [1.54, 1.807) is 37.3 Å². The molecule has 0 fully saturated rings. The fraction of sp³-hybridized carbons (Fsp3) is 0.200. The molecule has 2 N–H and O–H groups in total. The van der Waals surface area contributed by atoms with E-state index in [2.05, 4.69) is 0 Å². The highest BCUT2D eigenvalue weighted by Gasteiger charge is 2.09. The van der Waals surface area contributed by atoms with Crippen molar-refractivity contribution in [3.05, 3.63) is 63.4 Å². The molecule has 0 aromatic heterocycles. The van der Waals surface area contributed by atoms with Gasteiger partial charge in [0.25, 0.3) is 0 Å². The molecule has 2 rings (SSSR count). The second kappa shape index (κ2) is 6.44. The highest BCUT2D eigenvalue weighted by atomic mass is 35.5. The molecule has 0 unspecified atom stereocenters. The molecule has 2 nitrogen and oxygen atoms in total. The maximum Gasteiger partial charge on any atom is 0.131 e. The van der Waals surface area contributed by atoms with Gasteiger partial charge < -0.3 is 10.5 Å². The van der Waals surface area contributed by atoms with Crippen LogP contribution in [-0.4, -0.2) is 0 Å². The van der Waals surface area contributed by atoms with Crippen LogP contribution in [0.4, 0.5) is 4.39 Å². The molecule has 2 aromatic carbocycles. The van der Waals surface area contributed by atoms with E-state index in [1.165, 1.54) is 6.07 Å². The third kappa shape index (κ3) is 3.42. The summed E-state index contributed by atoms with van der Waals surface area (Å²) in [5.74, 6) is 0.0395. The Labute approximate surface area is 127 Å². The molecule has 1 atom stereocenters. The first kappa shape index (κ1) is 15.1. The second-order valence-corrected chi connectivity index (χ2v) is 5.26. The van der Waals surface area contributed by atoms with E-state index >= 15 is 0 Å². The molecule has 0 radical (unpaired) electrons. The molecule has 0 heterocycles. The van der Waals surface area contributed by atoms with Gasteiger partial charge in [-0.05, 0) is 19.1 Å². The lowest BCUT2D eigenvalue weighted by Crippen LogP contribution is -2.07. The van der Waals surface area contributed by atoms with E-state index in [-0.39, 0.29) is 18.5 Å². The van der Waals surface area contributed by atoms with Gasteiger partial charge >= 0.3 is 0 Å². The van der Waals surface area contributed by atoms with Crippen LogP contribution in [-0.2, 0) is 6.61 Å². The predicted molar refractivity (Wildman–Crippen MR) is 79.8 cm³/mol. The molecule has 5 heteroatoms. The molecule has 2 aromatic rings. The van der Waals surface area contributed by atoms with Gasteiger partial charge in [-0.1, -0.05) is 41.4 Å². The van der Waals surface area contributed by atoms with Crippen LogP contribution in [0.25, 0.3) is 0 Å². The smallest absolute Gasteiger partial charge is 0.131 e. The molecule has 20 heavy (non-hydrogen) atoms. The maximum atomic E-state index is 13.8. The number of nitrogens with two attached hydrogens (primary N) is 1. The Balaban J connectivity index is 2.11. The summed E-state index contributed by atoms with van der Waals surface area (Å²) in [4.78, 5) is 0. The Kier molecular flexibility index (Phi) is 4.86. The van der Waals surface area contributed by atoms with Gasteiger partial charge in [0.2, 0.25) is 0 Å². The lowest BCUT2D eigenvalue weighted by Gasteiger charge is -2.11. The normalized spacial score (nSPS) is 12.2. The van der Waals surface area contributed by atoms with E-state index in [0.29, 0.717) is 21.4 Å². The van der Waals surface area contributed by atoms with E-state index in [4.69, 9.17) is 33.7 Å². The zero-order valence-corrected chi connectivity index (χ0v) is 12.4. The van der Waals surface area contributed by atoms with Crippen molar-refractivity contribution in [3.63, 3.8) is 0 Å². The molecule has 0 saturated carbocycles. The number of ether oxygens (including phenoxy) is 1. The summed E-state index contributed by atoms with van der Waals surface area (Å²) in [6.45, 7) is 1.95. The van der Waals surface area contributed by atoms with Gasteiger partial charge in [-0.25, -0.2) is 4.39 Å². The quantitative estimate of drug-likeness (QED) is 0.885. The standard InChI is InChI=1S/C15H14Cl2FNO/c1-9(19)12-6-5-11(7-14(12)18)20-8-10-3-2-4-13(16)15(10)17/h2-7,9H,8,19H2,1H3/t9-/m0/s1. The maximum absolute atomic E-state index is 13.8. The topological polar surface area (TPSA) is 35.2 Å². The Bertz CT molecular complexity index is 617. The minimum atomic E-state index is -0.380. The van der Waals surface area contributed by atoms with Crippen molar-refractivity contribution < 1.29 is 9.13 Å². The van der Waals surface area contributed by atoms with E-state index in [1.807, 2.05) is 0 Å². The number of hydrogen-bond acceptors (Lipinski definition) is 2. The Morgan fingerprint density at radius 1 is 1.25 bits per heavy atom. The van der Waals surface area contributed by atoms with Crippen LogP contribution in [0, 0.1) is 5.82 Å². The van der Waals surface area contributed by atoms with Crippen LogP contribution < -0.4 is 10.5 Å². The monoisotopic (exact) mass is 313 g/mol. The Morgan fingerprint density at radius 3 is 2.65 bits per heavy atom. The van der Waals surface area contributed by atoms with Gasteiger partial charge in [0.15, 0.2) is 0 Å². The summed E-state index contributed by atoms with van der Waals surface area (Å²) in [5.41, 5.74) is 6.86. The first-order chi connectivity index (χ1) is 9.49. The molecule has 0 amide bonds. The Morgan fingerprint density at radius 2 is 2.00 bits per heavy atom. The largest absolute Gasteiger partial charge is 0.489 e. The van der Waals surface area contributed by atoms with Crippen LogP contribution in [0.15, 0.2) is 36.4 Å². The van der Waals surface area contributed by atoms with Crippen LogP contribution >= 0.6 is 23.2 Å². The van der Waals surface area contributed by atoms with Gasteiger partial charge in [0, 0.05) is 23.2 Å². The highest BCUT2D eigenvalue weighted by Crippen LogP contribution is 2.27. The fourth-order valence-corrected chi connectivity index (χ4v) is 2.16. The third-order valence-corrected chi connectivity index (χ3v) is 3.75. The zero-order valence-electron chi connectivity index (χ0n) is 10.9. The number of halogens is 3. The molecular formula is C15H14Cl2FNO. The van der Waals surface area contributed by atoms with Crippen LogP contribution in [0.2, 0.25) is 10.0 Å². The van der Waals surface area contributed by atoms with Crippen molar-refractivity contribution in [1.82, 2.24) is 0 Å². The molecule has 0 aliphatic rings. The van der Waals surface area contributed by atoms with Gasteiger partial charge in [-0.2, -0.15) is 0 Å². The SMILES string of the molecule is C[C@H](N)c1ccc(OCc2cccc(Cl)c2Cl)cc1F. The average molecular weight is 314 g/mol. The summed E-state index contributed by atoms with van der Waals surface area (Å²) in [5, 5.41) is 0.910. The third-order valence-electron chi connectivity index (χ3n) is 2.89. The van der Waals surface area contributed by atoms with Gasteiger partial charge in [0.1, 0.15) is 18.2 Å². The Hall–Kier alpha value is -1.29. The van der Waals surface area contributed by atoms with Gasteiger partial charge in [0.05, 0.1) is 10.0 Å². The van der Waals surface area contributed by atoms with Crippen molar-refractivity contribution in [1.29, 1.82) is 0 Å². The van der Waals surface area contributed by atoms with E-state index < -0.39 is 0 Å². The molecule has 0 spiro atoms. The van der Waals surface area contributed by atoms with E-state index in [0.717, 1.165) is 5.56 Å². The molecule has 106 valence electrons. The van der Waals surface area contributed by atoms with Crippen LogP contribution in [0.3, 0.4) is 0 Å². The predicted octanol–water partition coefficient (Wildman–Crippen LogP) is 4.73. The van der Waals surface area contributed by atoms with E-state index in [9.17, 15) is 4.39 Å². The highest BCUT2D eigenvalue weighted by molar-refractivity contribution is 6.42. The first-order valence-electron chi connectivity index (χ1n) is 6.09. The van der Waals surface area contributed by atoms with Gasteiger partial charge in [-0.3, -0.25) is 0 Å². The van der Waals surface area contributed by atoms with Gasteiger partial charge in [-0.15, -0.1) is 0 Å². The summed E-state index contributed by atoms with van der Waals surface area (Å²) < 4.78 is 19.3. The minimum Gasteiger partial charge on any atom is -0.489 e. The fourth-order valence-electron chi connectivity index (χ4n) is 1.79. The molecule has 0 bridgehead atoms. The van der Waals surface area contributed by atoms with Crippen molar-refractivity contribution >= 4 is 23.2 Å². The second-order valence-electron chi connectivity index (χ2n) is 4.47. The molecular weight excluding hydrogens is 300 g/mol. The van der Waals surface area contributed by atoms with Crippen molar-refractivity contribution in [2.75, 3.05) is 0 Å². The number of rotatable bonds is 4. The van der Waals surface area contributed by atoms with Crippen molar-refractivity contribution in [2.45, 2.75) is 19.6 Å². The molecule has 0 aliphatic heterocycles. The number of hydrogen-bond donors (Lipinski definition) is 1. The summed E-state index contributed by atoms with van der Waals surface area (Å²) in [7, 11) is 0. The van der Waals surface area contributed by atoms with Crippen LogP contribution in [0.5, 0.6) is 5.75 Å².